The average Bonchev–Trinajstić information content (AvgIpc) is 2.41. The second-order valence-electron chi connectivity index (χ2n) is 7.37. The molecule has 0 aromatic heterocycles. The highest BCUT2D eigenvalue weighted by atomic mass is 28.4. The van der Waals surface area contributed by atoms with E-state index in [4.69, 9.17) is 4.43 Å². The van der Waals surface area contributed by atoms with Gasteiger partial charge in [0.2, 0.25) is 0 Å². The highest BCUT2D eigenvalue weighted by Crippen LogP contribution is 2.23. The fourth-order valence-electron chi connectivity index (χ4n) is 2.37. The van der Waals surface area contributed by atoms with Crippen molar-refractivity contribution in [1.82, 2.24) is 0 Å². The topological polar surface area (TPSA) is 77.5 Å². The molecule has 0 aliphatic heterocycles. The second kappa shape index (κ2) is 9.66. The van der Waals surface area contributed by atoms with Crippen LogP contribution in [-0.2, 0) is 23.6 Å². The first kappa shape index (κ1) is 22.4. The molecule has 0 amide bonds. The van der Waals surface area contributed by atoms with Gasteiger partial charge in [0.15, 0.2) is 16.2 Å². The Hall–Kier alpha value is -1.56. The molecular formula is C18H30O5Si. The van der Waals surface area contributed by atoms with E-state index < -0.39 is 30.5 Å². The summed E-state index contributed by atoms with van der Waals surface area (Å²) < 4.78 is 5.31. The number of carbonyl (C=O) groups is 4. The van der Waals surface area contributed by atoms with Gasteiger partial charge < -0.3 is 4.43 Å². The van der Waals surface area contributed by atoms with Crippen molar-refractivity contribution < 1.29 is 23.6 Å². The molecule has 0 atom stereocenters. The molecule has 0 spiro atoms. The lowest BCUT2D eigenvalue weighted by atomic mass is 10.1. The van der Waals surface area contributed by atoms with Gasteiger partial charge in [0.1, 0.15) is 0 Å². The molecule has 0 aromatic carbocycles. The molecule has 0 saturated carbocycles. The minimum Gasteiger partial charge on any atom is -0.495 e. The summed E-state index contributed by atoms with van der Waals surface area (Å²) >= 11 is 0. The van der Waals surface area contributed by atoms with Crippen molar-refractivity contribution in [1.29, 1.82) is 0 Å². The Labute approximate surface area is 146 Å². The van der Waals surface area contributed by atoms with E-state index in [1.807, 2.05) is 41.5 Å². The van der Waals surface area contributed by atoms with Crippen molar-refractivity contribution in [2.45, 2.75) is 60.8 Å². The fraction of sp³-hybridized carbons (Fsp3) is 0.667. The van der Waals surface area contributed by atoms with Crippen LogP contribution in [0.3, 0.4) is 0 Å². The van der Waals surface area contributed by atoms with E-state index in [9.17, 15) is 19.2 Å². The number of rotatable bonds is 11. The van der Waals surface area contributed by atoms with Crippen LogP contribution in [0.1, 0.15) is 60.8 Å². The van der Waals surface area contributed by atoms with E-state index >= 15 is 0 Å². The van der Waals surface area contributed by atoms with Crippen LogP contribution >= 0.6 is 0 Å². The molecule has 0 saturated heterocycles. The quantitative estimate of drug-likeness (QED) is 0.421. The van der Waals surface area contributed by atoms with Crippen LogP contribution in [0.15, 0.2) is 12.7 Å². The van der Waals surface area contributed by atoms with Crippen LogP contribution < -0.4 is 0 Å². The lowest BCUT2D eigenvalue weighted by Crippen LogP contribution is -2.63. The fourth-order valence-corrected chi connectivity index (χ4v) is 6.12. The summed E-state index contributed by atoms with van der Waals surface area (Å²) in [6.07, 6.45) is 1.04. The molecule has 0 fully saturated rings. The smallest absolute Gasteiger partial charge is 0.457 e. The molecule has 0 bridgehead atoms. The number of hydrogen-bond acceptors (Lipinski definition) is 5. The van der Waals surface area contributed by atoms with Gasteiger partial charge in [-0.25, -0.2) is 4.79 Å². The molecule has 136 valence electrons. The normalized spacial score (nSPS) is 11.7. The Morgan fingerprint density at radius 1 is 0.792 bits per heavy atom. The van der Waals surface area contributed by atoms with Gasteiger partial charge in [-0.15, -0.1) is 0 Å². The molecule has 0 unspecified atom stereocenters. The molecule has 6 heteroatoms. The minimum absolute atomic E-state index is 0.0366. The average molecular weight is 355 g/mol. The molecule has 0 aliphatic rings. The summed E-state index contributed by atoms with van der Waals surface area (Å²) in [6.45, 7) is 14.3. The summed E-state index contributed by atoms with van der Waals surface area (Å²) in [4.78, 5) is 50.5. The van der Waals surface area contributed by atoms with Crippen molar-refractivity contribution in [2.75, 3.05) is 0 Å². The number of hydrogen-bond donors (Lipinski definition) is 0. The predicted molar refractivity (Wildman–Crippen MR) is 95.4 cm³/mol. The Balaban J connectivity index is 6.12. The van der Waals surface area contributed by atoms with Gasteiger partial charge in [0.05, 0.1) is 0 Å². The lowest BCUT2D eigenvalue weighted by Gasteiger charge is -2.28. The molecular weight excluding hydrogens is 324 g/mol. The maximum atomic E-state index is 12.9. The lowest BCUT2D eigenvalue weighted by molar-refractivity contribution is -0.136. The zero-order chi connectivity index (χ0) is 19.1. The molecule has 0 aromatic rings. The van der Waals surface area contributed by atoms with Gasteiger partial charge in [0.25, 0.3) is 0 Å². The summed E-state index contributed by atoms with van der Waals surface area (Å²) in [5.41, 5.74) is 0. The Morgan fingerprint density at radius 3 is 1.29 bits per heavy atom. The third-order valence-corrected chi connectivity index (χ3v) is 6.86. The first-order chi connectivity index (χ1) is 11.0. The van der Waals surface area contributed by atoms with Crippen molar-refractivity contribution in [2.24, 2.45) is 17.8 Å². The Morgan fingerprint density at radius 2 is 1.08 bits per heavy atom. The molecule has 0 N–H and O–H groups in total. The highest BCUT2D eigenvalue weighted by Gasteiger charge is 2.59. The van der Waals surface area contributed by atoms with E-state index in [-0.39, 0.29) is 37.0 Å². The summed E-state index contributed by atoms with van der Waals surface area (Å²) in [5.74, 6) is -0.991. The SMILES string of the molecule is C=CC(=O)O[Si](C(=O)CC(C)C)(C(=O)CC(C)C)C(=O)CC(C)C. The zero-order valence-corrected chi connectivity index (χ0v) is 16.7. The van der Waals surface area contributed by atoms with Crippen LogP contribution in [0.4, 0.5) is 0 Å². The third kappa shape index (κ3) is 6.15. The maximum absolute atomic E-state index is 12.9. The van der Waals surface area contributed by atoms with Gasteiger partial charge in [-0.05, 0) is 17.8 Å². The summed E-state index contributed by atoms with van der Waals surface area (Å²) in [6, 6.07) is 0. The predicted octanol–water partition coefficient (Wildman–Crippen LogP) is 3.12. The molecule has 5 nitrogen and oxygen atoms in total. The van der Waals surface area contributed by atoms with Gasteiger partial charge in [-0.2, -0.15) is 0 Å². The monoisotopic (exact) mass is 354 g/mol. The van der Waals surface area contributed by atoms with Crippen molar-refractivity contribution in [3.8, 4) is 0 Å². The van der Waals surface area contributed by atoms with E-state index in [2.05, 4.69) is 6.58 Å². The number of carbonyl (C=O) groups excluding carboxylic acids is 4. The standard InChI is InChI=1S/C18H30O5Si/c1-8-15(19)23-24(16(20)9-12(2)3,17(21)10-13(4)5)18(22)11-14(6)7/h8,12-14H,1,9-11H2,2-7H3. The van der Waals surface area contributed by atoms with Gasteiger partial charge >= 0.3 is 14.3 Å². The Kier molecular flexibility index (Phi) is 9.04. The van der Waals surface area contributed by atoms with Crippen molar-refractivity contribution in [3.63, 3.8) is 0 Å². The summed E-state index contributed by atoms with van der Waals surface area (Å²) in [7, 11) is -4.22. The minimum atomic E-state index is -4.22. The third-order valence-electron chi connectivity index (χ3n) is 3.38. The van der Waals surface area contributed by atoms with Crippen LogP contribution in [0.2, 0.25) is 0 Å². The molecule has 0 heterocycles. The van der Waals surface area contributed by atoms with Crippen molar-refractivity contribution in [3.05, 3.63) is 12.7 Å². The first-order valence-corrected chi connectivity index (χ1v) is 10.3. The second-order valence-corrected chi connectivity index (χ2v) is 10.6. The summed E-state index contributed by atoms with van der Waals surface area (Å²) in [5, 5.41) is -1.53. The molecule has 0 radical (unpaired) electrons. The molecule has 24 heavy (non-hydrogen) atoms. The van der Waals surface area contributed by atoms with Crippen LogP contribution in [0, 0.1) is 17.8 Å². The van der Waals surface area contributed by atoms with Crippen LogP contribution in [0.5, 0.6) is 0 Å². The maximum Gasteiger partial charge on any atom is 0.457 e. The van der Waals surface area contributed by atoms with Gasteiger partial charge in [0, 0.05) is 25.3 Å². The van der Waals surface area contributed by atoms with E-state index in [0.29, 0.717) is 0 Å². The largest absolute Gasteiger partial charge is 0.495 e. The zero-order valence-electron chi connectivity index (χ0n) is 15.7. The Bertz CT molecular complexity index is 450. The van der Waals surface area contributed by atoms with Gasteiger partial charge in [-0.3, -0.25) is 14.4 Å². The van der Waals surface area contributed by atoms with Gasteiger partial charge in [-0.1, -0.05) is 48.1 Å². The highest BCUT2D eigenvalue weighted by molar-refractivity contribution is 7.37. The van der Waals surface area contributed by atoms with E-state index in [1.165, 1.54) is 0 Å². The molecule has 0 rings (SSSR count). The van der Waals surface area contributed by atoms with E-state index in [1.54, 1.807) is 0 Å². The molecule has 0 aliphatic carbocycles. The van der Waals surface area contributed by atoms with Crippen LogP contribution in [0.25, 0.3) is 0 Å². The van der Waals surface area contributed by atoms with E-state index in [0.717, 1.165) is 6.08 Å². The van der Waals surface area contributed by atoms with Crippen molar-refractivity contribution >= 4 is 30.5 Å². The first-order valence-electron chi connectivity index (χ1n) is 8.42. The van der Waals surface area contributed by atoms with Crippen LogP contribution in [-0.4, -0.2) is 30.5 Å².